The predicted octanol–water partition coefficient (Wildman–Crippen LogP) is 5.66. The lowest BCUT2D eigenvalue weighted by Gasteiger charge is -2.35. The predicted molar refractivity (Wildman–Crippen MR) is 159 cm³/mol. The topological polar surface area (TPSA) is 136 Å². The quantitative estimate of drug-likeness (QED) is 0.101. The van der Waals surface area contributed by atoms with Crippen molar-refractivity contribution >= 4 is 16.9 Å². The van der Waals surface area contributed by atoms with Gasteiger partial charge in [-0.3, -0.25) is 14.3 Å². The second kappa shape index (κ2) is 12.4. The number of azide groups is 1. The minimum absolute atomic E-state index is 0.0255. The van der Waals surface area contributed by atoms with Crippen LogP contribution >= 0.6 is 0 Å². The van der Waals surface area contributed by atoms with Crippen LogP contribution in [-0.2, 0) is 17.9 Å². The number of nitriles is 1. The summed E-state index contributed by atoms with van der Waals surface area (Å²) in [6.07, 6.45) is 9.05. The lowest BCUT2D eigenvalue weighted by molar-refractivity contribution is -0.0846. The van der Waals surface area contributed by atoms with Crippen LogP contribution in [0.3, 0.4) is 0 Å². The molecule has 1 unspecified atom stereocenters. The van der Waals surface area contributed by atoms with E-state index in [1.165, 1.54) is 17.0 Å². The van der Waals surface area contributed by atoms with E-state index in [0.29, 0.717) is 79.7 Å². The molecule has 1 atom stereocenters. The molecule has 1 aromatic carbocycles. The van der Waals surface area contributed by atoms with Crippen LogP contribution in [0, 0.1) is 29.6 Å². The Morgan fingerprint density at radius 2 is 2.07 bits per heavy atom. The minimum atomic E-state index is -2.99. The third-order valence-corrected chi connectivity index (χ3v) is 8.61. The Kier molecular flexibility index (Phi) is 8.63. The van der Waals surface area contributed by atoms with Crippen LogP contribution in [0.4, 0.5) is 14.6 Å². The Balaban J connectivity index is 1.44. The van der Waals surface area contributed by atoms with Crippen LogP contribution in [0.2, 0.25) is 0 Å². The summed E-state index contributed by atoms with van der Waals surface area (Å²) in [6.45, 7) is 3.88. The van der Waals surface area contributed by atoms with Crippen molar-refractivity contribution in [3.8, 4) is 18.4 Å². The number of hydrogen-bond acceptors (Lipinski definition) is 7. The zero-order valence-corrected chi connectivity index (χ0v) is 24.0. The average Bonchev–Trinajstić information content (AvgIpc) is 3.82. The minimum Gasteiger partial charge on any atom is -0.363 e. The monoisotopic (exact) mass is 585 g/mol. The number of alkyl halides is 2. The molecule has 1 N–H and O–H groups in total. The summed E-state index contributed by atoms with van der Waals surface area (Å²) in [7, 11) is 0. The number of anilines is 1. The Morgan fingerprint density at radius 1 is 1.30 bits per heavy atom. The maximum Gasteiger partial charge on any atom is 0.276 e. The van der Waals surface area contributed by atoms with E-state index in [1.54, 1.807) is 24.3 Å². The highest BCUT2D eigenvalue weighted by molar-refractivity contribution is 5.87. The first-order chi connectivity index (χ1) is 20.7. The first-order valence-electron chi connectivity index (χ1n) is 14.5. The van der Waals surface area contributed by atoms with Gasteiger partial charge in [0.2, 0.25) is 0 Å². The van der Waals surface area contributed by atoms with Crippen LogP contribution in [0.1, 0.15) is 61.8 Å². The number of nitrogens with zero attached hydrogens (tertiary/aromatic N) is 8. The molecule has 5 rings (SSSR count). The first kappa shape index (κ1) is 30.0. The molecule has 1 saturated heterocycles. The summed E-state index contributed by atoms with van der Waals surface area (Å²) >= 11 is 0. The largest absolute Gasteiger partial charge is 0.363 e. The number of piperidine rings is 1. The smallest absolute Gasteiger partial charge is 0.276 e. The van der Waals surface area contributed by atoms with E-state index in [-0.39, 0.29) is 24.2 Å². The van der Waals surface area contributed by atoms with E-state index in [1.807, 2.05) is 11.8 Å². The molecule has 3 aromatic rings. The zero-order valence-electron chi connectivity index (χ0n) is 24.0. The summed E-state index contributed by atoms with van der Waals surface area (Å²) in [4.78, 5) is 27.1. The zero-order chi connectivity index (χ0) is 30.6. The lowest BCUT2D eigenvalue weighted by Crippen LogP contribution is -2.39. The summed E-state index contributed by atoms with van der Waals surface area (Å²) in [5.74, 6) is -0.748. The van der Waals surface area contributed by atoms with Gasteiger partial charge in [-0.05, 0) is 75.3 Å². The molecule has 1 aliphatic carbocycles. The van der Waals surface area contributed by atoms with Crippen LogP contribution in [-0.4, -0.2) is 45.6 Å². The highest BCUT2D eigenvalue weighted by Crippen LogP contribution is 2.47. The normalized spacial score (nSPS) is 17.4. The summed E-state index contributed by atoms with van der Waals surface area (Å²) in [5, 5.41) is 17.3. The summed E-state index contributed by atoms with van der Waals surface area (Å²) in [6, 6.07) is 10.0. The molecule has 3 heterocycles. The number of terminal acetylenes is 1. The van der Waals surface area contributed by atoms with E-state index >= 15 is 8.78 Å². The molecule has 2 fully saturated rings. The fourth-order valence-electron chi connectivity index (χ4n) is 5.88. The van der Waals surface area contributed by atoms with Gasteiger partial charge in [0, 0.05) is 41.1 Å². The Hall–Kier alpha value is -4.51. The van der Waals surface area contributed by atoms with Crippen LogP contribution in [0.15, 0.2) is 46.6 Å². The SMILES string of the molecule is C#CCN1CCC(C(F)(F)c2cccc(C(C)Nc3ncnc4c3cc(C3(C#N)CC3)c(=O)n4CCCN=[N+]=[N-])c2)CC1. The fourth-order valence-corrected chi connectivity index (χ4v) is 5.88. The van der Waals surface area contributed by atoms with E-state index in [4.69, 9.17) is 12.0 Å². The van der Waals surface area contributed by atoms with Crippen LogP contribution < -0.4 is 10.9 Å². The third kappa shape index (κ3) is 6.03. The molecule has 0 bridgehead atoms. The van der Waals surface area contributed by atoms with Gasteiger partial charge in [-0.15, -0.1) is 6.42 Å². The first-order valence-corrected chi connectivity index (χ1v) is 14.5. The highest BCUT2D eigenvalue weighted by atomic mass is 19.3. The molecule has 0 radical (unpaired) electrons. The molecule has 12 heteroatoms. The second-order valence-corrected chi connectivity index (χ2v) is 11.3. The van der Waals surface area contributed by atoms with Crippen molar-refractivity contribution in [3.63, 3.8) is 0 Å². The van der Waals surface area contributed by atoms with Crippen molar-refractivity contribution in [2.45, 2.75) is 63.0 Å². The van der Waals surface area contributed by atoms with Crippen molar-refractivity contribution in [1.82, 2.24) is 19.4 Å². The molecular weight excluding hydrogens is 552 g/mol. The number of pyridine rings is 1. The van der Waals surface area contributed by atoms with E-state index < -0.39 is 23.3 Å². The van der Waals surface area contributed by atoms with Crippen molar-refractivity contribution in [2.24, 2.45) is 11.0 Å². The summed E-state index contributed by atoms with van der Waals surface area (Å²) < 4.78 is 32.9. The number of benzene rings is 1. The van der Waals surface area contributed by atoms with Gasteiger partial charge < -0.3 is 5.32 Å². The molecule has 222 valence electrons. The molecular formula is C31H33F2N9O. The molecule has 1 saturated carbocycles. The third-order valence-electron chi connectivity index (χ3n) is 8.61. The number of halogens is 2. The molecule has 2 aliphatic rings. The van der Waals surface area contributed by atoms with Crippen molar-refractivity contribution in [2.75, 3.05) is 31.5 Å². The average molecular weight is 586 g/mol. The number of nitrogens with one attached hydrogen (secondary N) is 1. The Morgan fingerprint density at radius 3 is 2.74 bits per heavy atom. The Bertz CT molecular complexity index is 1690. The molecule has 2 aromatic heterocycles. The lowest BCUT2D eigenvalue weighted by atomic mass is 9.85. The molecule has 43 heavy (non-hydrogen) atoms. The van der Waals surface area contributed by atoms with Gasteiger partial charge in [0.1, 0.15) is 17.8 Å². The van der Waals surface area contributed by atoms with Gasteiger partial charge in [0.15, 0.2) is 0 Å². The number of rotatable bonds is 11. The number of aromatic nitrogens is 3. The molecule has 0 amide bonds. The molecule has 0 spiro atoms. The van der Waals surface area contributed by atoms with Crippen molar-refractivity contribution in [1.29, 1.82) is 5.26 Å². The van der Waals surface area contributed by atoms with Gasteiger partial charge in [-0.25, -0.2) is 18.7 Å². The van der Waals surface area contributed by atoms with Gasteiger partial charge >= 0.3 is 0 Å². The number of fused-ring (bicyclic) bond motifs is 1. The van der Waals surface area contributed by atoms with Gasteiger partial charge in [-0.2, -0.15) is 5.26 Å². The highest BCUT2D eigenvalue weighted by Gasteiger charge is 2.47. The number of hydrogen-bond donors (Lipinski definition) is 1. The standard InChI is InChI=1S/C31H33F2N9O/c1-3-13-41-15-8-23(9-16-41)31(32,33)24-7-4-6-22(17-24)21(2)39-27-25-18-26(30(19-34)10-11-30)29(43)42(14-5-12-38-40-35)28(25)37-20-36-27/h1,4,6-7,17-18,20-21,23H,5,8-16H2,2H3,(H,36,37,39). The van der Waals surface area contributed by atoms with E-state index in [0.717, 1.165) is 0 Å². The molecule has 1 aliphatic heterocycles. The van der Waals surface area contributed by atoms with E-state index in [9.17, 15) is 10.1 Å². The summed E-state index contributed by atoms with van der Waals surface area (Å²) in [5.41, 5.74) is 8.87. The van der Waals surface area contributed by atoms with Crippen molar-refractivity contribution < 1.29 is 8.78 Å². The molecule has 10 nitrogen and oxygen atoms in total. The van der Waals surface area contributed by atoms with Crippen molar-refractivity contribution in [3.05, 3.63) is 74.1 Å². The van der Waals surface area contributed by atoms with Crippen LogP contribution in [0.5, 0.6) is 0 Å². The van der Waals surface area contributed by atoms with E-state index in [2.05, 4.69) is 37.3 Å². The Labute approximate surface area is 248 Å². The second-order valence-electron chi connectivity index (χ2n) is 11.3. The number of likely N-dealkylation sites (tertiary alicyclic amines) is 1. The van der Waals surface area contributed by atoms with Crippen LogP contribution in [0.25, 0.3) is 21.5 Å². The maximum absolute atomic E-state index is 15.7. The van der Waals surface area contributed by atoms with Gasteiger partial charge in [0.05, 0.1) is 23.4 Å². The maximum atomic E-state index is 15.7. The van der Waals surface area contributed by atoms with Gasteiger partial charge in [0.25, 0.3) is 11.5 Å². The number of aryl methyl sites for hydroxylation is 1. The van der Waals surface area contributed by atoms with Gasteiger partial charge in [-0.1, -0.05) is 29.2 Å². The fraction of sp³-hybridized carbons (Fsp3) is 0.484.